The number of para-hydroxylation sites is 1. The van der Waals surface area contributed by atoms with Gasteiger partial charge in [0.25, 0.3) is 5.56 Å². The zero-order valence-electron chi connectivity index (χ0n) is 11.9. The van der Waals surface area contributed by atoms with Gasteiger partial charge in [-0.2, -0.15) is 0 Å². The molecule has 0 atom stereocenters. The second kappa shape index (κ2) is 5.57. The van der Waals surface area contributed by atoms with Crippen molar-refractivity contribution in [2.45, 2.75) is 19.5 Å². The molecule has 6 nitrogen and oxygen atoms in total. The van der Waals surface area contributed by atoms with E-state index in [-0.39, 0.29) is 11.5 Å². The number of benzene rings is 1. The molecule has 0 aliphatic carbocycles. The van der Waals surface area contributed by atoms with Crippen LogP contribution in [0.5, 0.6) is 5.75 Å². The molecular weight excluding hydrogens is 268 g/mol. The molecule has 0 amide bonds. The number of H-pyrrole nitrogens is 1. The molecular formula is C15H18N4O2. The maximum absolute atomic E-state index is 12.0. The van der Waals surface area contributed by atoms with Crippen LogP contribution in [-0.4, -0.2) is 28.5 Å². The Morgan fingerprint density at radius 3 is 3.05 bits per heavy atom. The molecule has 6 heteroatoms. The molecule has 0 saturated heterocycles. The molecule has 1 aromatic heterocycles. The van der Waals surface area contributed by atoms with Crippen molar-refractivity contribution in [3.05, 3.63) is 51.4 Å². The number of nitrogen functional groups attached to an aromatic ring is 1. The van der Waals surface area contributed by atoms with Crippen LogP contribution in [0.3, 0.4) is 0 Å². The van der Waals surface area contributed by atoms with E-state index in [0.29, 0.717) is 12.1 Å². The second-order valence-electron chi connectivity index (χ2n) is 5.15. The Balaban J connectivity index is 1.82. The molecule has 0 spiro atoms. The zero-order valence-corrected chi connectivity index (χ0v) is 11.9. The Hall–Kier alpha value is -2.34. The molecule has 2 aromatic rings. The lowest BCUT2D eigenvalue weighted by Gasteiger charge is -2.28. The lowest BCUT2D eigenvalue weighted by Crippen LogP contribution is -2.35. The summed E-state index contributed by atoms with van der Waals surface area (Å²) in [6.45, 7) is 2.17. The SMILES string of the molecule is COc1ccccc1CN1CCc2nc(N)[nH]c(=O)c2C1. The normalized spacial score (nSPS) is 14.7. The van der Waals surface area contributed by atoms with Crippen LogP contribution < -0.4 is 16.0 Å². The van der Waals surface area contributed by atoms with Crippen molar-refractivity contribution in [2.75, 3.05) is 19.4 Å². The molecule has 1 aliphatic heterocycles. The van der Waals surface area contributed by atoms with Crippen molar-refractivity contribution < 1.29 is 4.74 Å². The number of aromatic nitrogens is 2. The van der Waals surface area contributed by atoms with Crippen LogP contribution in [0.1, 0.15) is 16.8 Å². The smallest absolute Gasteiger partial charge is 0.257 e. The van der Waals surface area contributed by atoms with Crippen molar-refractivity contribution in [1.82, 2.24) is 14.9 Å². The summed E-state index contributed by atoms with van der Waals surface area (Å²) in [5.41, 5.74) is 8.09. The number of nitrogens with one attached hydrogen (secondary N) is 1. The van der Waals surface area contributed by atoms with Crippen LogP contribution in [0, 0.1) is 0 Å². The van der Waals surface area contributed by atoms with E-state index in [2.05, 4.69) is 14.9 Å². The molecule has 0 bridgehead atoms. The summed E-state index contributed by atoms with van der Waals surface area (Å²) in [7, 11) is 1.67. The number of fused-ring (bicyclic) bond motifs is 1. The minimum atomic E-state index is -0.137. The van der Waals surface area contributed by atoms with Gasteiger partial charge in [-0.05, 0) is 6.07 Å². The number of nitrogens with zero attached hydrogens (tertiary/aromatic N) is 2. The first kappa shape index (κ1) is 13.6. The van der Waals surface area contributed by atoms with Crippen molar-refractivity contribution in [2.24, 2.45) is 0 Å². The van der Waals surface area contributed by atoms with E-state index in [4.69, 9.17) is 10.5 Å². The van der Waals surface area contributed by atoms with Gasteiger partial charge in [-0.1, -0.05) is 18.2 Å². The fraction of sp³-hybridized carbons (Fsp3) is 0.333. The summed E-state index contributed by atoms with van der Waals surface area (Å²) in [4.78, 5) is 21.0. The lowest BCUT2D eigenvalue weighted by molar-refractivity contribution is 0.238. The molecule has 21 heavy (non-hydrogen) atoms. The zero-order chi connectivity index (χ0) is 14.8. The fourth-order valence-electron chi connectivity index (χ4n) is 2.71. The minimum Gasteiger partial charge on any atom is -0.496 e. The van der Waals surface area contributed by atoms with Crippen LogP contribution in [0.15, 0.2) is 29.1 Å². The summed E-state index contributed by atoms with van der Waals surface area (Å²) in [5, 5.41) is 0. The van der Waals surface area contributed by atoms with Gasteiger partial charge in [0, 0.05) is 31.6 Å². The Kier molecular flexibility index (Phi) is 3.62. The van der Waals surface area contributed by atoms with Crippen LogP contribution in [0.4, 0.5) is 5.95 Å². The Bertz CT molecular complexity index is 711. The van der Waals surface area contributed by atoms with Gasteiger partial charge >= 0.3 is 0 Å². The van der Waals surface area contributed by atoms with E-state index in [1.54, 1.807) is 7.11 Å². The molecule has 3 rings (SSSR count). The molecule has 0 unspecified atom stereocenters. The summed E-state index contributed by atoms with van der Waals surface area (Å²) < 4.78 is 5.37. The number of hydrogen-bond donors (Lipinski definition) is 2. The Morgan fingerprint density at radius 2 is 2.24 bits per heavy atom. The fourth-order valence-corrected chi connectivity index (χ4v) is 2.71. The third kappa shape index (κ3) is 2.75. The molecule has 0 saturated carbocycles. The predicted octanol–water partition coefficient (Wildman–Crippen LogP) is 0.919. The topological polar surface area (TPSA) is 84.2 Å². The summed E-state index contributed by atoms with van der Waals surface area (Å²) >= 11 is 0. The highest BCUT2D eigenvalue weighted by atomic mass is 16.5. The maximum atomic E-state index is 12.0. The van der Waals surface area contributed by atoms with Crippen LogP contribution in [0.2, 0.25) is 0 Å². The van der Waals surface area contributed by atoms with E-state index in [1.807, 2.05) is 24.3 Å². The molecule has 110 valence electrons. The Labute approximate surface area is 122 Å². The van der Waals surface area contributed by atoms with E-state index >= 15 is 0 Å². The van der Waals surface area contributed by atoms with E-state index in [0.717, 1.165) is 36.5 Å². The highest BCUT2D eigenvalue weighted by molar-refractivity contribution is 5.33. The van der Waals surface area contributed by atoms with Gasteiger partial charge in [0.05, 0.1) is 18.4 Å². The van der Waals surface area contributed by atoms with Gasteiger partial charge in [-0.15, -0.1) is 0 Å². The van der Waals surface area contributed by atoms with Gasteiger partial charge in [-0.3, -0.25) is 14.7 Å². The summed E-state index contributed by atoms with van der Waals surface area (Å²) in [6, 6.07) is 7.93. The third-order valence-corrected chi connectivity index (χ3v) is 3.75. The van der Waals surface area contributed by atoms with Gasteiger partial charge in [0.1, 0.15) is 5.75 Å². The number of aromatic amines is 1. The van der Waals surface area contributed by atoms with E-state index in [1.165, 1.54) is 0 Å². The number of rotatable bonds is 3. The van der Waals surface area contributed by atoms with Gasteiger partial charge in [0.15, 0.2) is 0 Å². The van der Waals surface area contributed by atoms with Crippen LogP contribution >= 0.6 is 0 Å². The average molecular weight is 286 g/mol. The first-order valence-corrected chi connectivity index (χ1v) is 6.89. The van der Waals surface area contributed by atoms with Gasteiger partial charge < -0.3 is 10.5 Å². The first-order chi connectivity index (χ1) is 10.2. The molecule has 3 N–H and O–H groups in total. The molecule has 1 aromatic carbocycles. The monoisotopic (exact) mass is 286 g/mol. The average Bonchev–Trinajstić information content (AvgIpc) is 2.48. The molecule has 0 fully saturated rings. The Morgan fingerprint density at radius 1 is 1.43 bits per heavy atom. The van der Waals surface area contributed by atoms with Crippen LogP contribution in [0.25, 0.3) is 0 Å². The number of hydrogen-bond acceptors (Lipinski definition) is 5. The molecule has 1 aliphatic rings. The quantitative estimate of drug-likeness (QED) is 0.876. The number of ether oxygens (including phenoxy) is 1. The first-order valence-electron chi connectivity index (χ1n) is 6.89. The van der Waals surface area contributed by atoms with Crippen LogP contribution in [-0.2, 0) is 19.5 Å². The van der Waals surface area contributed by atoms with Crippen molar-refractivity contribution in [3.8, 4) is 5.75 Å². The summed E-state index contributed by atoms with van der Waals surface area (Å²) in [6.07, 6.45) is 0.735. The molecule has 0 radical (unpaired) electrons. The number of nitrogens with two attached hydrogens (primary N) is 1. The lowest BCUT2D eigenvalue weighted by atomic mass is 10.1. The third-order valence-electron chi connectivity index (χ3n) is 3.75. The standard InChI is InChI=1S/C15H18N4O2/c1-21-13-5-3-2-4-10(13)8-19-7-6-12-11(9-19)14(20)18-15(16)17-12/h2-5H,6-9H2,1H3,(H3,16,17,18,20). The second-order valence-corrected chi connectivity index (χ2v) is 5.15. The minimum absolute atomic E-state index is 0.137. The summed E-state index contributed by atoms with van der Waals surface area (Å²) in [5.74, 6) is 1.06. The van der Waals surface area contributed by atoms with Gasteiger partial charge in [-0.25, -0.2) is 4.98 Å². The number of anilines is 1. The maximum Gasteiger partial charge on any atom is 0.257 e. The van der Waals surface area contributed by atoms with Crippen molar-refractivity contribution >= 4 is 5.95 Å². The van der Waals surface area contributed by atoms with E-state index in [9.17, 15) is 4.79 Å². The highest BCUT2D eigenvalue weighted by Crippen LogP contribution is 2.22. The predicted molar refractivity (Wildman–Crippen MR) is 80.1 cm³/mol. The van der Waals surface area contributed by atoms with Crippen molar-refractivity contribution in [1.29, 1.82) is 0 Å². The molecule has 2 heterocycles. The van der Waals surface area contributed by atoms with Crippen molar-refractivity contribution in [3.63, 3.8) is 0 Å². The van der Waals surface area contributed by atoms with E-state index < -0.39 is 0 Å². The largest absolute Gasteiger partial charge is 0.496 e. The number of methoxy groups -OCH3 is 1. The van der Waals surface area contributed by atoms with Gasteiger partial charge in [0.2, 0.25) is 5.95 Å². The highest BCUT2D eigenvalue weighted by Gasteiger charge is 2.21.